The number of nitrogens with one attached hydrogen (secondary N) is 1. The van der Waals surface area contributed by atoms with E-state index < -0.39 is 12.6 Å². The minimum absolute atomic E-state index is 0.630. The van der Waals surface area contributed by atoms with Crippen LogP contribution in [-0.4, -0.2) is 45.4 Å². The number of carboxylic acids is 1. The molecule has 16 heavy (non-hydrogen) atoms. The quantitative estimate of drug-likeness (QED) is 0.633. The van der Waals surface area contributed by atoms with Crippen LogP contribution >= 0.6 is 0 Å². The van der Waals surface area contributed by atoms with Gasteiger partial charge in [-0.1, -0.05) is 0 Å². The highest BCUT2D eigenvalue weighted by Gasteiger charge is 2.16. The first-order chi connectivity index (χ1) is 7.67. The summed E-state index contributed by atoms with van der Waals surface area (Å²) in [6, 6.07) is 0.630. The third-order valence-electron chi connectivity index (χ3n) is 2.49. The number of aromatic nitrogens is 2. The summed E-state index contributed by atoms with van der Waals surface area (Å²) in [5, 5.41) is 18.3. The Morgan fingerprint density at radius 1 is 1.75 bits per heavy atom. The zero-order valence-corrected chi connectivity index (χ0v) is 9.26. The molecule has 6 heteroatoms. The maximum atomic E-state index is 9.12. The predicted octanol–water partition coefficient (Wildman–Crippen LogP) is -0.519. The summed E-state index contributed by atoms with van der Waals surface area (Å²) in [7, 11) is 2.02. The number of aliphatic hydroxyl groups excluding tert-OH is 1. The Hall–Kier alpha value is -1.40. The fraction of sp³-hybridized carbons (Fsp3) is 0.600. The van der Waals surface area contributed by atoms with Gasteiger partial charge in [0.05, 0.1) is 0 Å². The Morgan fingerprint density at radius 3 is 3.00 bits per heavy atom. The summed E-state index contributed by atoms with van der Waals surface area (Å²) in [6.45, 7) is 0.334. The number of carboxylic acid groups (broad SMARTS) is 1. The van der Waals surface area contributed by atoms with Crippen LogP contribution in [0, 0.1) is 0 Å². The number of imidazole rings is 1. The Morgan fingerprint density at radius 2 is 2.44 bits per heavy atom. The van der Waals surface area contributed by atoms with Crippen molar-refractivity contribution < 1.29 is 15.0 Å². The molecule has 0 spiro atoms. The molecule has 1 aromatic heterocycles. The van der Waals surface area contributed by atoms with Crippen molar-refractivity contribution in [2.75, 3.05) is 13.7 Å². The molecule has 2 rings (SSSR count). The molecule has 0 amide bonds. The van der Waals surface area contributed by atoms with E-state index in [0.29, 0.717) is 6.04 Å². The van der Waals surface area contributed by atoms with Crippen LogP contribution < -0.4 is 5.32 Å². The molecule has 0 unspecified atom stereocenters. The van der Waals surface area contributed by atoms with Crippen LogP contribution in [-0.2, 0) is 17.8 Å². The minimum Gasteiger partial charge on any atom is -0.480 e. The molecule has 0 aliphatic carbocycles. The Balaban J connectivity index is 0.000000221. The lowest BCUT2D eigenvalue weighted by Gasteiger charge is -2.22. The van der Waals surface area contributed by atoms with Crippen molar-refractivity contribution in [1.29, 1.82) is 0 Å². The van der Waals surface area contributed by atoms with Gasteiger partial charge in [0.1, 0.15) is 12.4 Å². The van der Waals surface area contributed by atoms with Gasteiger partial charge >= 0.3 is 5.97 Å². The molecule has 0 aromatic carbocycles. The number of likely N-dealkylation sites (N-methyl/N-ethyl adjacent to an activating group) is 1. The van der Waals surface area contributed by atoms with E-state index in [2.05, 4.69) is 21.1 Å². The van der Waals surface area contributed by atoms with Crippen molar-refractivity contribution in [1.82, 2.24) is 14.9 Å². The molecule has 0 radical (unpaired) electrons. The van der Waals surface area contributed by atoms with E-state index in [9.17, 15) is 0 Å². The number of hydrogen-bond donors (Lipinski definition) is 3. The number of carbonyl (C=O) groups is 1. The summed E-state index contributed by atoms with van der Waals surface area (Å²) in [6.07, 6.45) is 6.23. The largest absolute Gasteiger partial charge is 0.480 e. The Kier molecular flexibility index (Phi) is 4.94. The average Bonchev–Trinajstić information content (AvgIpc) is 2.76. The number of aliphatic carboxylic acids is 1. The van der Waals surface area contributed by atoms with Crippen molar-refractivity contribution in [2.24, 2.45) is 0 Å². The first-order valence-electron chi connectivity index (χ1n) is 5.17. The van der Waals surface area contributed by atoms with Gasteiger partial charge in [-0.15, -0.1) is 0 Å². The Labute approximate surface area is 93.9 Å². The Bertz CT molecular complexity index is 338. The zero-order chi connectivity index (χ0) is 12.0. The number of nitrogens with zero attached hydrogens (tertiary/aromatic N) is 2. The van der Waals surface area contributed by atoms with E-state index >= 15 is 0 Å². The third-order valence-corrected chi connectivity index (χ3v) is 2.49. The molecular formula is C10H17N3O3. The molecule has 0 fully saturated rings. The lowest BCUT2D eigenvalue weighted by Crippen LogP contribution is -2.33. The van der Waals surface area contributed by atoms with Crippen LogP contribution in [0.15, 0.2) is 12.4 Å². The lowest BCUT2D eigenvalue weighted by atomic mass is 10.1. The first kappa shape index (κ1) is 12.7. The van der Waals surface area contributed by atoms with Gasteiger partial charge in [-0.05, 0) is 13.5 Å². The second-order valence-corrected chi connectivity index (χ2v) is 3.57. The second-order valence-electron chi connectivity index (χ2n) is 3.57. The molecule has 90 valence electrons. The molecule has 0 saturated carbocycles. The zero-order valence-electron chi connectivity index (χ0n) is 9.26. The van der Waals surface area contributed by atoms with E-state index in [4.69, 9.17) is 15.0 Å². The fourth-order valence-electron chi connectivity index (χ4n) is 1.60. The SMILES string of the molecule is CN[C@@H]1CCn2ccnc2C1.O=C(O)CO. The molecule has 1 aliphatic rings. The summed E-state index contributed by atoms with van der Waals surface area (Å²) in [4.78, 5) is 13.4. The number of aryl methyl sites for hydroxylation is 1. The lowest BCUT2D eigenvalue weighted by molar-refractivity contribution is -0.140. The highest BCUT2D eigenvalue weighted by Crippen LogP contribution is 2.12. The van der Waals surface area contributed by atoms with Crippen LogP contribution in [0.4, 0.5) is 0 Å². The summed E-state index contributed by atoms with van der Waals surface area (Å²) in [5.41, 5.74) is 0. The normalized spacial score (nSPS) is 18.2. The van der Waals surface area contributed by atoms with Crippen LogP contribution in [0.2, 0.25) is 0 Å². The number of rotatable bonds is 2. The van der Waals surface area contributed by atoms with Gasteiger partial charge in [0.25, 0.3) is 0 Å². The third kappa shape index (κ3) is 3.63. The molecule has 1 aromatic rings. The van der Waals surface area contributed by atoms with Gasteiger partial charge in [0, 0.05) is 31.4 Å². The van der Waals surface area contributed by atoms with Gasteiger partial charge in [-0.3, -0.25) is 0 Å². The molecule has 6 nitrogen and oxygen atoms in total. The maximum absolute atomic E-state index is 9.12. The first-order valence-corrected chi connectivity index (χ1v) is 5.17. The molecule has 1 aliphatic heterocycles. The van der Waals surface area contributed by atoms with E-state index in [1.165, 1.54) is 12.2 Å². The highest BCUT2D eigenvalue weighted by molar-refractivity contribution is 5.67. The molecule has 3 N–H and O–H groups in total. The minimum atomic E-state index is -1.19. The topological polar surface area (TPSA) is 87.4 Å². The van der Waals surface area contributed by atoms with Crippen molar-refractivity contribution in [3.8, 4) is 0 Å². The molecule has 0 saturated heterocycles. The average molecular weight is 227 g/mol. The van der Waals surface area contributed by atoms with E-state index in [0.717, 1.165) is 13.0 Å². The van der Waals surface area contributed by atoms with Gasteiger partial charge < -0.3 is 20.1 Å². The standard InChI is InChI=1S/C8H13N3.C2H4O3/c1-9-7-2-4-11-5-3-10-8(11)6-7;3-1-2(4)5/h3,5,7,9H,2,4,6H2,1H3;3H,1H2,(H,4,5)/t7-;/m1./s1. The molecule has 1 atom stereocenters. The second kappa shape index (κ2) is 6.24. The molecule has 0 bridgehead atoms. The highest BCUT2D eigenvalue weighted by atomic mass is 16.4. The maximum Gasteiger partial charge on any atom is 0.329 e. The van der Waals surface area contributed by atoms with E-state index in [1.54, 1.807) is 0 Å². The van der Waals surface area contributed by atoms with Gasteiger partial charge in [-0.25, -0.2) is 9.78 Å². The van der Waals surface area contributed by atoms with Gasteiger partial charge in [0.2, 0.25) is 0 Å². The summed E-state index contributed by atoms with van der Waals surface area (Å²) in [5.74, 6) is 0.0283. The van der Waals surface area contributed by atoms with Crippen LogP contribution in [0.5, 0.6) is 0 Å². The number of aliphatic hydroxyl groups is 1. The van der Waals surface area contributed by atoms with Crippen molar-refractivity contribution >= 4 is 5.97 Å². The van der Waals surface area contributed by atoms with Gasteiger partial charge in [-0.2, -0.15) is 0 Å². The smallest absolute Gasteiger partial charge is 0.329 e. The van der Waals surface area contributed by atoms with Crippen LogP contribution in [0.3, 0.4) is 0 Å². The molecular weight excluding hydrogens is 210 g/mol. The van der Waals surface area contributed by atoms with E-state index in [1.807, 2.05) is 13.2 Å². The number of fused-ring (bicyclic) bond motifs is 1. The summed E-state index contributed by atoms with van der Waals surface area (Å²) < 4.78 is 2.23. The fourth-order valence-corrected chi connectivity index (χ4v) is 1.60. The predicted molar refractivity (Wildman–Crippen MR) is 58.1 cm³/mol. The number of hydrogen-bond acceptors (Lipinski definition) is 4. The van der Waals surface area contributed by atoms with Crippen LogP contribution in [0.1, 0.15) is 12.2 Å². The van der Waals surface area contributed by atoms with Crippen molar-refractivity contribution in [3.63, 3.8) is 0 Å². The van der Waals surface area contributed by atoms with E-state index in [-0.39, 0.29) is 0 Å². The van der Waals surface area contributed by atoms with Crippen LogP contribution in [0.25, 0.3) is 0 Å². The van der Waals surface area contributed by atoms with Gasteiger partial charge in [0.15, 0.2) is 0 Å². The molecule has 2 heterocycles. The summed E-state index contributed by atoms with van der Waals surface area (Å²) >= 11 is 0. The monoisotopic (exact) mass is 227 g/mol. The van der Waals surface area contributed by atoms with Crippen molar-refractivity contribution in [2.45, 2.75) is 25.4 Å². The van der Waals surface area contributed by atoms with Crippen molar-refractivity contribution in [3.05, 3.63) is 18.2 Å².